The zero-order valence-corrected chi connectivity index (χ0v) is 24.1. The zero-order chi connectivity index (χ0) is 24.9. The number of phenols is 3. The maximum atomic E-state index is 11.7. The van der Waals surface area contributed by atoms with E-state index < -0.39 is 84.4 Å². The number of nitrogens with zero attached hydrogens (tertiary/aromatic N) is 2. The number of aromatic hydroxyl groups is 3. The minimum atomic E-state index is -5.40. The van der Waals surface area contributed by atoms with Gasteiger partial charge in [0, 0.05) is 6.07 Å². The minimum Gasteiger partial charge on any atom is -0.744 e. The molecule has 0 spiro atoms. The number of azo groups is 1. The van der Waals surface area contributed by atoms with Gasteiger partial charge in [-0.1, -0.05) is 0 Å². The largest absolute Gasteiger partial charge is 1.00 e. The van der Waals surface area contributed by atoms with E-state index in [0.717, 1.165) is 12.1 Å². The van der Waals surface area contributed by atoms with Gasteiger partial charge < -0.3 is 24.4 Å². The van der Waals surface area contributed by atoms with E-state index in [-0.39, 0.29) is 59.1 Å². The Morgan fingerprint density at radius 3 is 1.77 bits per heavy atom. The Balaban J connectivity index is 0.00000306. The molecule has 0 bridgehead atoms. The van der Waals surface area contributed by atoms with Crippen LogP contribution >= 0.6 is 0 Å². The third kappa shape index (κ3) is 6.90. The van der Waals surface area contributed by atoms with Gasteiger partial charge in [0.05, 0.1) is 20.1 Å². The van der Waals surface area contributed by atoms with Crippen molar-refractivity contribution in [3.8, 4) is 17.2 Å². The van der Waals surface area contributed by atoms with E-state index in [1.54, 1.807) is 0 Å². The van der Waals surface area contributed by atoms with Crippen LogP contribution in [0.25, 0.3) is 10.8 Å². The Morgan fingerprint density at radius 2 is 1.29 bits per heavy atom. The van der Waals surface area contributed by atoms with Gasteiger partial charge in [-0.2, -0.15) is 8.42 Å². The molecule has 0 heterocycles. The van der Waals surface area contributed by atoms with Crippen LogP contribution < -0.4 is 59.1 Å². The van der Waals surface area contributed by atoms with Gasteiger partial charge in [-0.25, -0.2) is 16.8 Å². The van der Waals surface area contributed by atoms with Crippen LogP contribution in [-0.4, -0.2) is 54.2 Å². The third-order valence-electron chi connectivity index (χ3n) is 4.16. The molecule has 3 rings (SSSR count). The van der Waals surface area contributed by atoms with E-state index in [1.807, 2.05) is 0 Å². The van der Waals surface area contributed by atoms with Gasteiger partial charge in [0.2, 0.25) is 0 Å². The van der Waals surface area contributed by atoms with Crippen molar-refractivity contribution in [2.75, 3.05) is 0 Å². The maximum absolute atomic E-state index is 11.7. The van der Waals surface area contributed by atoms with Gasteiger partial charge in [-0.3, -0.25) is 4.55 Å². The van der Waals surface area contributed by atoms with Crippen molar-refractivity contribution in [2.24, 2.45) is 10.2 Å². The molecule has 3 aromatic carbocycles. The summed E-state index contributed by atoms with van der Waals surface area (Å²) in [5.74, 6) is -2.94. The van der Waals surface area contributed by atoms with Crippen molar-refractivity contribution in [1.29, 1.82) is 0 Å². The van der Waals surface area contributed by atoms with E-state index in [9.17, 15) is 49.7 Å². The number of hydrogen-bond donors (Lipinski definition) is 4. The van der Waals surface area contributed by atoms with Crippen LogP contribution in [0.4, 0.5) is 11.4 Å². The summed E-state index contributed by atoms with van der Waals surface area (Å²) in [5, 5.41) is 36.1. The van der Waals surface area contributed by atoms with Gasteiger partial charge in [-0.05, 0) is 35.7 Å². The van der Waals surface area contributed by atoms with E-state index >= 15 is 0 Å². The summed E-state index contributed by atoms with van der Waals surface area (Å²) >= 11 is 0. The van der Waals surface area contributed by atoms with E-state index in [0.29, 0.717) is 24.3 Å². The van der Waals surface area contributed by atoms with Crippen molar-refractivity contribution in [2.45, 2.75) is 14.7 Å². The van der Waals surface area contributed by atoms with Gasteiger partial charge >= 0.3 is 59.1 Å². The quantitative estimate of drug-likeness (QED) is 0.130. The number of phenolic OH excluding ortho intramolecular Hbond substituents is 3. The smallest absolute Gasteiger partial charge is 0.744 e. The Bertz CT molecular complexity index is 1670. The van der Waals surface area contributed by atoms with Gasteiger partial charge in [0.15, 0.2) is 5.75 Å². The fourth-order valence-corrected chi connectivity index (χ4v) is 4.40. The maximum Gasteiger partial charge on any atom is 1.00 e. The van der Waals surface area contributed by atoms with Crippen LogP contribution in [0.5, 0.6) is 17.2 Å². The van der Waals surface area contributed by atoms with Crippen LogP contribution in [0.2, 0.25) is 0 Å². The van der Waals surface area contributed by atoms with Crippen LogP contribution in [0.3, 0.4) is 0 Å². The summed E-state index contributed by atoms with van der Waals surface area (Å²) in [6.45, 7) is 0. The van der Waals surface area contributed by atoms with Gasteiger partial charge in [0.1, 0.15) is 43.1 Å². The molecular weight excluding hydrogens is 554 g/mol. The van der Waals surface area contributed by atoms with Crippen LogP contribution in [0.15, 0.2) is 61.3 Å². The first-order valence-electron chi connectivity index (χ1n) is 8.17. The number of benzene rings is 3. The van der Waals surface area contributed by atoms with Crippen molar-refractivity contribution < 1.29 is 113 Å². The summed E-state index contributed by atoms with van der Waals surface area (Å²) in [4.78, 5) is -2.89. The molecule has 0 aliphatic heterocycles. The molecule has 0 saturated heterocycles. The summed E-state index contributed by atoms with van der Waals surface area (Å²) in [7, 11) is -15.2. The van der Waals surface area contributed by atoms with Crippen molar-refractivity contribution in [1.82, 2.24) is 0 Å². The Kier molecular flexibility index (Phi) is 9.91. The van der Waals surface area contributed by atoms with Crippen molar-refractivity contribution in [3.05, 3.63) is 36.4 Å². The van der Waals surface area contributed by atoms with Crippen LogP contribution in [-0.2, 0) is 30.4 Å². The molecule has 0 aliphatic carbocycles. The standard InChI is InChI=1S/C16H12N2O12S3.2Na/c19-11-5-8(31(22,23)24)1-2-10(11)17-18-15-13(33(28,29)30)4-7-3-9(32(25,26)27)6-12(20)14(7)16(15)21;;/h1-6,19-21H,(H,22,23,24)(H,25,26,27)(H,28,29,30);;/q;2*+1/p-2/b18-17+;;. The molecule has 0 saturated carbocycles. The number of rotatable bonds is 5. The molecule has 0 fully saturated rings. The molecule has 0 amide bonds. The minimum absolute atomic E-state index is 0. The molecule has 19 heteroatoms. The Labute approximate surface area is 242 Å². The average Bonchev–Trinajstić information content (AvgIpc) is 2.65. The van der Waals surface area contributed by atoms with E-state index in [4.69, 9.17) is 4.55 Å². The summed E-state index contributed by atoms with van der Waals surface area (Å²) < 4.78 is 99.9. The first-order chi connectivity index (χ1) is 15.0. The second-order valence-electron chi connectivity index (χ2n) is 6.35. The normalized spacial score (nSPS) is 12.3. The molecule has 3 aromatic rings. The monoisotopic (exact) mass is 564 g/mol. The fraction of sp³-hybridized carbons (Fsp3) is 0. The SMILES string of the molecule is O=S(=O)([O-])c1cc(O)c2c(O)c(/N=N/c3ccc(S(=O)(=O)O)cc3O)c(S(=O)(=O)[O-])cc2c1.[Na+].[Na+]. The van der Waals surface area contributed by atoms with Gasteiger partial charge in [0.25, 0.3) is 10.1 Å². The summed E-state index contributed by atoms with van der Waals surface area (Å²) in [6.07, 6.45) is 0. The van der Waals surface area contributed by atoms with Crippen LogP contribution in [0, 0.1) is 0 Å². The second-order valence-corrected chi connectivity index (χ2v) is 10.5. The predicted molar refractivity (Wildman–Crippen MR) is 105 cm³/mol. The molecule has 0 aromatic heterocycles. The molecule has 0 aliphatic rings. The molecular formula is C16H10N2Na2O12S3. The number of fused-ring (bicyclic) bond motifs is 1. The van der Waals surface area contributed by atoms with Crippen molar-refractivity contribution in [3.63, 3.8) is 0 Å². The average molecular weight is 564 g/mol. The predicted octanol–water partition coefficient (Wildman–Crippen LogP) is -4.57. The number of hydrogen-bond acceptors (Lipinski definition) is 13. The Morgan fingerprint density at radius 1 is 0.714 bits per heavy atom. The first-order valence-corrected chi connectivity index (χ1v) is 12.4. The molecule has 0 radical (unpaired) electrons. The van der Waals surface area contributed by atoms with Crippen molar-refractivity contribution >= 4 is 52.5 Å². The summed E-state index contributed by atoms with van der Waals surface area (Å²) in [5.41, 5.74) is -1.49. The molecule has 4 N–H and O–H groups in total. The zero-order valence-electron chi connectivity index (χ0n) is 17.6. The van der Waals surface area contributed by atoms with E-state index in [2.05, 4.69) is 10.2 Å². The first kappa shape index (κ1) is 31.7. The van der Waals surface area contributed by atoms with E-state index in [1.165, 1.54) is 0 Å². The molecule has 35 heavy (non-hydrogen) atoms. The van der Waals surface area contributed by atoms with Gasteiger partial charge in [-0.15, -0.1) is 10.2 Å². The molecule has 14 nitrogen and oxygen atoms in total. The molecule has 0 atom stereocenters. The summed E-state index contributed by atoms with van der Waals surface area (Å²) in [6, 6.07) is 3.90. The Hall–Kier alpha value is -1.35. The third-order valence-corrected chi connectivity index (χ3v) is 6.68. The fourth-order valence-electron chi connectivity index (χ4n) is 2.72. The topological polar surface area (TPSA) is 254 Å². The molecule has 0 unspecified atom stereocenters. The van der Waals surface area contributed by atoms with Crippen LogP contribution in [0.1, 0.15) is 0 Å². The second kappa shape index (κ2) is 11.0. The molecule has 176 valence electrons.